The largest absolute Gasteiger partial charge is 0.478 e. The van der Waals surface area contributed by atoms with Crippen molar-refractivity contribution in [1.82, 2.24) is 5.32 Å². The molecule has 0 radical (unpaired) electrons. The van der Waals surface area contributed by atoms with E-state index in [0.29, 0.717) is 17.5 Å². The summed E-state index contributed by atoms with van der Waals surface area (Å²) in [6, 6.07) is 3.31. The first-order valence-electron chi connectivity index (χ1n) is 6.69. The molecule has 1 aromatic carbocycles. The molecule has 0 fully saturated rings. The van der Waals surface area contributed by atoms with Crippen molar-refractivity contribution in [2.75, 3.05) is 13.2 Å². The monoisotopic (exact) mass is 295 g/mol. The molecule has 4 N–H and O–H groups in total. The summed E-state index contributed by atoms with van der Waals surface area (Å²) in [6.45, 7) is 4.11. The molecule has 0 saturated carbocycles. The molecule has 0 saturated heterocycles. The van der Waals surface area contributed by atoms with Crippen LogP contribution in [-0.2, 0) is 0 Å². The lowest BCUT2D eigenvalue weighted by atomic mass is 9.93. The highest BCUT2D eigenvalue weighted by molar-refractivity contribution is 6.07. The van der Waals surface area contributed by atoms with Crippen LogP contribution in [0.15, 0.2) is 12.1 Å². The predicted octanol–water partition coefficient (Wildman–Crippen LogP) is 0.865. The summed E-state index contributed by atoms with van der Waals surface area (Å²) in [5.41, 5.74) is -0.163. The highest BCUT2D eigenvalue weighted by Crippen LogP contribution is 2.20. The van der Waals surface area contributed by atoms with E-state index in [-0.39, 0.29) is 11.1 Å². The average molecular weight is 295 g/mol. The molecule has 0 aromatic heterocycles. The van der Waals surface area contributed by atoms with Crippen LogP contribution in [0.5, 0.6) is 0 Å². The fourth-order valence-electron chi connectivity index (χ4n) is 2.12. The number of amides is 1. The SMILES string of the molecule is CCC(CO)(CO)NC(=O)c1c(C)ccc(C)c1C(=O)O. The Morgan fingerprint density at radius 1 is 1.10 bits per heavy atom. The van der Waals surface area contributed by atoms with Crippen molar-refractivity contribution in [1.29, 1.82) is 0 Å². The van der Waals surface area contributed by atoms with Gasteiger partial charge < -0.3 is 20.6 Å². The molecule has 6 nitrogen and oxygen atoms in total. The maximum Gasteiger partial charge on any atom is 0.336 e. The van der Waals surface area contributed by atoms with Crippen molar-refractivity contribution >= 4 is 11.9 Å². The number of carbonyl (C=O) groups is 2. The van der Waals surface area contributed by atoms with E-state index in [1.165, 1.54) is 0 Å². The van der Waals surface area contributed by atoms with E-state index in [4.69, 9.17) is 0 Å². The molecule has 0 spiro atoms. The molecular formula is C15H21NO5. The number of rotatable bonds is 6. The van der Waals surface area contributed by atoms with Gasteiger partial charge in [0.15, 0.2) is 0 Å². The Balaban J connectivity index is 3.31. The molecular weight excluding hydrogens is 274 g/mol. The second-order valence-electron chi connectivity index (χ2n) is 5.16. The third-order valence-electron chi connectivity index (χ3n) is 3.72. The lowest BCUT2D eigenvalue weighted by Crippen LogP contribution is -2.54. The molecule has 1 amide bonds. The molecule has 0 heterocycles. The second kappa shape index (κ2) is 6.69. The second-order valence-corrected chi connectivity index (χ2v) is 5.16. The van der Waals surface area contributed by atoms with Gasteiger partial charge in [0.2, 0.25) is 0 Å². The topological polar surface area (TPSA) is 107 Å². The number of benzene rings is 1. The van der Waals surface area contributed by atoms with Crippen LogP contribution >= 0.6 is 0 Å². The summed E-state index contributed by atoms with van der Waals surface area (Å²) in [5.74, 6) is -1.80. The molecule has 0 bridgehead atoms. The normalized spacial score (nSPS) is 11.3. The lowest BCUT2D eigenvalue weighted by Gasteiger charge is -2.30. The first-order chi connectivity index (χ1) is 9.81. The zero-order valence-corrected chi connectivity index (χ0v) is 12.4. The standard InChI is InChI=1S/C15H21NO5/c1-4-15(7-17,8-18)16-13(19)11-9(2)5-6-10(3)12(11)14(20)21/h5-6,17-18H,4,7-8H2,1-3H3,(H,16,19)(H,20,21). The van der Waals surface area contributed by atoms with E-state index in [0.717, 1.165) is 0 Å². The van der Waals surface area contributed by atoms with Crippen molar-refractivity contribution in [3.8, 4) is 0 Å². The average Bonchev–Trinajstić information content (AvgIpc) is 2.46. The molecule has 0 aliphatic carbocycles. The number of carboxylic acid groups (broad SMARTS) is 1. The summed E-state index contributed by atoms with van der Waals surface area (Å²) < 4.78 is 0. The smallest absolute Gasteiger partial charge is 0.336 e. The van der Waals surface area contributed by atoms with Crippen LogP contribution in [0.1, 0.15) is 45.2 Å². The van der Waals surface area contributed by atoms with Gasteiger partial charge in [-0.05, 0) is 31.4 Å². The maximum atomic E-state index is 12.4. The third-order valence-corrected chi connectivity index (χ3v) is 3.72. The van der Waals surface area contributed by atoms with Gasteiger partial charge in [0.25, 0.3) is 5.91 Å². The van der Waals surface area contributed by atoms with Gasteiger partial charge in [-0.3, -0.25) is 4.79 Å². The highest BCUT2D eigenvalue weighted by atomic mass is 16.4. The Labute approximate surface area is 123 Å². The quantitative estimate of drug-likeness (QED) is 0.623. The minimum atomic E-state index is -1.18. The predicted molar refractivity (Wildman–Crippen MR) is 77.5 cm³/mol. The first kappa shape index (κ1) is 17.1. The van der Waals surface area contributed by atoms with Crippen LogP contribution in [-0.4, -0.2) is 45.9 Å². The van der Waals surface area contributed by atoms with Gasteiger partial charge in [-0.1, -0.05) is 19.1 Å². The van der Waals surface area contributed by atoms with Crippen molar-refractivity contribution < 1.29 is 24.9 Å². The van der Waals surface area contributed by atoms with Crippen LogP contribution in [0.25, 0.3) is 0 Å². The van der Waals surface area contributed by atoms with Gasteiger partial charge in [0.1, 0.15) is 0 Å². The van der Waals surface area contributed by atoms with E-state index in [1.807, 2.05) is 0 Å². The Morgan fingerprint density at radius 3 is 1.95 bits per heavy atom. The molecule has 0 unspecified atom stereocenters. The molecule has 6 heteroatoms. The summed E-state index contributed by atoms with van der Waals surface area (Å²) in [7, 11) is 0. The molecule has 21 heavy (non-hydrogen) atoms. The fourth-order valence-corrected chi connectivity index (χ4v) is 2.12. The number of carboxylic acids is 1. The number of nitrogens with one attached hydrogen (secondary N) is 1. The Kier molecular flexibility index (Phi) is 5.46. The van der Waals surface area contributed by atoms with Gasteiger partial charge >= 0.3 is 5.97 Å². The van der Waals surface area contributed by atoms with E-state index in [1.54, 1.807) is 32.9 Å². The molecule has 0 aliphatic heterocycles. The lowest BCUT2D eigenvalue weighted by molar-refractivity contribution is 0.0635. The van der Waals surface area contributed by atoms with Crippen molar-refractivity contribution in [2.24, 2.45) is 0 Å². The van der Waals surface area contributed by atoms with E-state index in [2.05, 4.69) is 5.32 Å². The molecule has 0 atom stereocenters. The minimum absolute atomic E-state index is 0.0576. The number of aliphatic hydroxyl groups excluding tert-OH is 2. The zero-order valence-electron chi connectivity index (χ0n) is 12.4. The number of carbonyl (C=O) groups excluding carboxylic acids is 1. The summed E-state index contributed by atoms with van der Waals surface area (Å²) in [6.07, 6.45) is 0.318. The van der Waals surface area contributed by atoms with Crippen LogP contribution in [0.3, 0.4) is 0 Å². The van der Waals surface area contributed by atoms with Crippen LogP contribution in [0.2, 0.25) is 0 Å². The van der Waals surface area contributed by atoms with Gasteiger partial charge in [-0.25, -0.2) is 4.79 Å². The number of aromatic carboxylic acids is 1. The van der Waals surface area contributed by atoms with Gasteiger partial charge in [0, 0.05) is 0 Å². The fraction of sp³-hybridized carbons (Fsp3) is 0.467. The Bertz CT molecular complexity index is 541. The number of hydrogen-bond acceptors (Lipinski definition) is 4. The number of aryl methyl sites for hydroxylation is 2. The zero-order chi connectivity index (χ0) is 16.2. The van der Waals surface area contributed by atoms with Gasteiger partial charge in [0.05, 0.1) is 29.9 Å². The first-order valence-corrected chi connectivity index (χ1v) is 6.69. The van der Waals surface area contributed by atoms with Crippen molar-refractivity contribution in [2.45, 2.75) is 32.7 Å². The van der Waals surface area contributed by atoms with E-state index >= 15 is 0 Å². The van der Waals surface area contributed by atoms with Gasteiger partial charge in [-0.2, -0.15) is 0 Å². The van der Waals surface area contributed by atoms with Crippen LogP contribution in [0, 0.1) is 13.8 Å². The summed E-state index contributed by atoms with van der Waals surface area (Å²) in [4.78, 5) is 23.8. The number of hydrogen-bond donors (Lipinski definition) is 4. The van der Waals surface area contributed by atoms with E-state index in [9.17, 15) is 24.9 Å². The molecule has 1 rings (SSSR count). The minimum Gasteiger partial charge on any atom is -0.478 e. The molecule has 1 aromatic rings. The third kappa shape index (κ3) is 3.40. The Hall–Kier alpha value is -1.92. The highest BCUT2D eigenvalue weighted by Gasteiger charge is 2.31. The molecule has 116 valence electrons. The maximum absolute atomic E-state index is 12.4. The summed E-state index contributed by atoms with van der Waals surface area (Å²) in [5, 5.41) is 30.6. The van der Waals surface area contributed by atoms with E-state index < -0.39 is 30.6 Å². The van der Waals surface area contributed by atoms with Crippen LogP contribution in [0.4, 0.5) is 0 Å². The van der Waals surface area contributed by atoms with Crippen molar-refractivity contribution in [3.63, 3.8) is 0 Å². The molecule has 0 aliphatic rings. The van der Waals surface area contributed by atoms with Crippen molar-refractivity contribution in [3.05, 3.63) is 34.4 Å². The van der Waals surface area contributed by atoms with Crippen LogP contribution < -0.4 is 5.32 Å². The summed E-state index contributed by atoms with van der Waals surface area (Å²) >= 11 is 0. The Morgan fingerprint density at radius 2 is 1.57 bits per heavy atom. The number of aliphatic hydroxyl groups is 2. The van der Waals surface area contributed by atoms with Gasteiger partial charge in [-0.15, -0.1) is 0 Å².